The van der Waals surface area contributed by atoms with Gasteiger partial charge in [0, 0.05) is 0 Å². The average Bonchev–Trinajstić information content (AvgIpc) is 2.19. The average molecular weight is 267 g/mol. The molecule has 0 aliphatic carbocycles. The Labute approximate surface area is 98.0 Å². The van der Waals surface area contributed by atoms with Crippen molar-refractivity contribution in [1.82, 2.24) is 4.98 Å². The van der Waals surface area contributed by atoms with Crippen LogP contribution in [0.4, 0.5) is 14.5 Å². The van der Waals surface area contributed by atoms with Crippen LogP contribution in [0.3, 0.4) is 0 Å². The summed E-state index contributed by atoms with van der Waals surface area (Å²) in [4.78, 5) is 23.3. The Bertz CT molecular complexity index is 481. The minimum absolute atomic E-state index is 0.477. The van der Waals surface area contributed by atoms with Crippen molar-refractivity contribution in [2.75, 3.05) is 0 Å². The van der Waals surface area contributed by atoms with Crippen LogP contribution in [0.1, 0.15) is 17.7 Å². The van der Waals surface area contributed by atoms with Gasteiger partial charge in [0.1, 0.15) is 11.9 Å². The maximum absolute atomic E-state index is 12.4. The number of halogens is 3. The highest BCUT2D eigenvalue weighted by atomic mass is 35.5. The number of aliphatic carboxylic acids is 1. The van der Waals surface area contributed by atoms with Crippen molar-refractivity contribution < 1.29 is 23.6 Å². The van der Waals surface area contributed by atoms with Crippen LogP contribution < -0.4 is 0 Å². The number of nitro groups is 1. The molecule has 0 spiro atoms. The molecule has 6 nitrogen and oxygen atoms in total. The van der Waals surface area contributed by atoms with Crippen LogP contribution in [0.5, 0.6) is 0 Å². The number of carbonyl (C=O) groups is 1. The van der Waals surface area contributed by atoms with Gasteiger partial charge in [0.05, 0.1) is 21.9 Å². The first-order valence-electron chi connectivity index (χ1n) is 4.16. The van der Waals surface area contributed by atoms with Crippen LogP contribution in [0.2, 0.25) is 5.02 Å². The third-order valence-corrected chi connectivity index (χ3v) is 2.28. The highest BCUT2D eigenvalue weighted by molar-refractivity contribution is 6.32. The first kappa shape index (κ1) is 13.2. The van der Waals surface area contributed by atoms with E-state index < -0.39 is 45.7 Å². The van der Waals surface area contributed by atoms with Gasteiger partial charge in [-0.05, 0) is 0 Å². The lowest BCUT2D eigenvalue weighted by atomic mass is 10.1. The molecule has 1 aromatic rings. The summed E-state index contributed by atoms with van der Waals surface area (Å²) in [7, 11) is 0. The molecule has 17 heavy (non-hydrogen) atoms. The van der Waals surface area contributed by atoms with E-state index in [-0.39, 0.29) is 0 Å². The Kier molecular flexibility index (Phi) is 3.89. The highest BCUT2D eigenvalue weighted by Crippen LogP contribution is 2.33. The van der Waals surface area contributed by atoms with Crippen molar-refractivity contribution in [1.29, 1.82) is 0 Å². The Morgan fingerprint density at radius 3 is 2.65 bits per heavy atom. The summed E-state index contributed by atoms with van der Waals surface area (Å²) >= 11 is 5.49. The lowest BCUT2D eigenvalue weighted by Crippen LogP contribution is -2.07. The second-order valence-electron chi connectivity index (χ2n) is 2.95. The number of pyridine rings is 1. The summed E-state index contributed by atoms with van der Waals surface area (Å²) in [6, 6.07) is 0. The van der Waals surface area contributed by atoms with Crippen molar-refractivity contribution in [3.63, 3.8) is 0 Å². The number of carboxylic acids is 1. The summed E-state index contributed by atoms with van der Waals surface area (Å²) in [5.41, 5.74) is -2.04. The van der Waals surface area contributed by atoms with Crippen molar-refractivity contribution in [3.05, 3.63) is 32.6 Å². The SMILES string of the molecule is O=C(O)Cc1c([N+](=O)[O-])cnc(C(F)F)c1Cl. The summed E-state index contributed by atoms with van der Waals surface area (Å²) in [5.74, 6) is -1.42. The fourth-order valence-electron chi connectivity index (χ4n) is 1.16. The molecule has 0 aromatic carbocycles. The molecule has 1 aromatic heterocycles. The lowest BCUT2D eigenvalue weighted by Gasteiger charge is -2.07. The van der Waals surface area contributed by atoms with Crippen LogP contribution in [0, 0.1) is 10.1 Å². The normalized spacial score (nSPS) is 10.6. The standard InChI is InChI=1S/C8H5ClF2N2O4/c9-6-3(1-5(14)15)4(13(16)17)2-12-7(6)8(10)11/h2,8H,1H2,(H,14,15). The third-order valence-electron chi connectivity index (χ3n) is 1.86. The molecular formula is C8H5ClF2N2O4. The van der Waals surface area contributed by atoms with Gasteiger partial charge >= 0.3 is 5.97 Å². The monoisotopic (exact) mass is 266 g/mol. The second kappa shape index (κ2) is 5.00. The molecule has 0 unspecified atom stereocenters. The quantitative estimate of drug-likeness (QED) is 0.666. The number of nitrogens with zero attached hydrogens (tertiary/aromatic N) is 2. The molecule has 0 bridgehead atoms. The summed E-state index contributed by atoms with van der Waals surface area (Å²) in [5, 5.41) is 18.4. The van der Waals surface area contributed by atoms with Crippen molar-refractivity contribution in [2.45, 2.75) is 12.8 Å². The number of alkyl halides is 2. The summed E-state index contributed by atoms with van der Waals surface area (Å²) in [6.45, 7) is 0. The van der Waals surface area contributed by atoms with E-state index in [4.69, 9.17) is 16.7 Å². The van der Waals surface area contributed by atoms with Gasteiger partial charge in [0.15, 0.2) is 0 Å². The van der Waals surface area contributed by atoms with Crippen LogP contribution >= 0.6 is 11.6 Å². The van der Waals surface area contributed by atoms with E-state index in [1.807, 2.05) is 0 Å². The van der Waals surface area contributed by atoms with Crippen LogP contribution in [-0.4, -0.2) is 21.0 Å². The second-order valence-corrected chi connectivity index (χ2v) is 3.33. The van der Waals surface area contributed by atoms with Crippen LogP contribution in [0.15, 0.2) is 6.20 Å². The highest BCUT2D eigenvalue weighted by Gasteiger charge is 2.26. The number of hydrogen-bond acceptors (Lipinski definition) is 4. The molecule has 0 radical (unpaired) electrons. The fraction of sp³-hybridized carbons (Fsp3) is 0.250. The maximum atomic E-state index is 12.4. The third kappa shape index (κ3) is 2.84. The molecule has 1 rings (SSSR count). The van der Waals surface area contributed by atoms with E-state index in [1.165, 1.54) is 0 Å². The zero-order valence-corrected chi connectivity index (χ0v) is 8.82. The zero-order chi connectivity index (χ0) is 13.2. The molecule has 0 saturated heterocycles. The Morgan fingerprint density at radius 1 is 1.65 bits per heavy atom. The van der Waals surface area contributed by atoms with E-state index in [9.17, 15) is 23.7 Å². The van der Waals surface area contributed by atoms with Crippen molar-refractivity contribution in [2.24, 2.45) is 0 Å². The molecule has 9 heteroatoms. The number of carboxylic acid groups (broad SMARTS) is 1. The Hall–Kier alpha value is -1.83. The molecule has 1 heterocycles. The molecule has 0 aliphatic heterocycles. The number of rotatable bonds is 4. The molecule has 0 amide bonds. The minimum Gasteiger partial charge on any atom is -0.481 e. The van der Waals surface area contributed by atoms with Gasteiger partial charge in [-0.3, -0.25) is 14.9 Å². The van der Waals surface area contributed by atoms with Gasteiger partial charge in [-0.2, -0.15) is 0 Å². The molecule has 92 valence electrons. The first-order valence-corrected chi connectivity index (χ1v) is 4.54. The summed E-state index contributed by atoms with van der Waals surface area (Å²) in [6.07, 6.45) is -3.28. The molecule has 0 saturated carbocycles. The molecule has 0 fully saturated rings. The van der Waals surface area contributed by atoms with Gasteiger partial charge in [-0.25, -0.2) is 13.8 Å². The van der Waals surface area contributed by atoms with E-state index in [0.29, 0.717) is 6.20 Å². The van der Waals surface area contributed by atoms with E-state index >= 15 is 0 Å². The minimum atomic E-state index is -3.03. The van der Waals surface area contributed by atoms with Crippen molar-refractivity contribution >= 4 is 23.3 Å². The van der Waals surface area contributed by atoms with Gasteiger partial charge in [-0.1, -0.05) is 11.6 Å². The van der Waals surface area contributed by atoms with Crippen molar-refractivity contribution in [3.8, 4) is 0 Å². The van der Waals surface area contributed by atoms with E-state index in [0.717, 1.165) is 0 Å². The van der Waals surface area contributed by atoms with E-state index in [1.54, 1.807) is 0 Å². The van der Waals surface area contributed by atoms with Gasteiger partial charge < -0.3 is 5.11 Å². The predicted molar refractivity (Wildman–Crippen MR) is 52.2 cm³/mol. The van der Waals surface area contributed by atoms with Gasteiger partial charge in [-0.15, -0.1) is 0 Å². The predicted octanol–water partition coefficient (Wildman–Crippen LogP) is 2.21. The van der Waals surface area contributed by atoms with Crippen LogP contribution in [0.25, 0.3) is 0 Å². The number of hydrogen-bond donors (Lipinski definition) is 1. The lowest BCUT2D eigenvalue weighted by molar-refractivity contribution is -0.385. The molecule has 0 aliphatic rings. The Morgan fingerprint density at radius 2 is 2.24 bits per heavy atom. The zero-order valence-electron chi connectivity index (χ0n) is 8.06. The largest absolute Gasteiger partial charge is 0.481 e. The van der Waals surface area contributed by atoms with Crippen LogP contribution in [-0.2, 0) is 11.2 Å². The smallest absolute Gasteiger partial charge is 0.308 e. The topological polar surface area (TPSA) is 93.3 Å². The maximum Gasteiger partial charge on any atom is 0.308 e. The summed E-state index contributed by atoms with van der Waals surface area (Å²) < 4.78 is 24.8. The van der Waals surface area contributed by atoms with Gasteiger partial charge in [0.2, 0.25) is 0 Å². The van der Waals surface area contributed by atoms with Gasteiger partial charge in [0.25, 0.3) is 12.1 Å². The molecular weight excluding hydrogens is 262 g/mol. The number of aromatic nitrogens is 1. The molecule has 1 N–H and O–H groups in total. The van der Waals surface area contributed by atoms with E-state index in [2.05, 4.69) is 4.98 Å². The molecule has 0 atom stereocenters. The fourth-order valence-corrected chi connectivity index (χ4v) is 1.46. The first-order chi connectivity index (χ1) is 7.84. The Balaban J connectivity index is 3.41.